The maximum atomic E-state index is 11.2. The van der Waals surface area contributed by atoms with E-state index in [-0.39, 0.29) is 5.78 Å². The summed E-state index contributed by atoms with van der Waals surface area (Å²) in [6, 6.07) is 7.35. The average Bonchev–Trinajstić information content (AvgIpc) is 2.30. The second-order valence-corrected chi connectivity index (χ2v) is 3.95. The second-order valence-electron chi connectivity index (χ2n) is 3.95. The van der Waals surface area contributed by atoms with Gasteiger partial charge in [-0.25, -0.2) is 0 Å². The first kappa shape index (κ1) is 13.9. The standard InChI is InChI=1S/C14H20O3/c1-5-16-14(4,17-6-2)13-9-7-12(8-10-13)11(3)15/h7-10H,5-6H2,1-4H3. The molecule has 0 heterocycles. The number of hydrogen-bond acceptors (Lipinski definition) is 3. The molecule has 0 radical (unpaired) electrons. The number of carbonyl (C=O) groups is 1. The molecule has 0 aliphatic heterocycles. The SMILES string of the molecule is CCOC(C)(OCC)c1ccc(C(C)=O)cc1. The maximum absolute atomic E-state index is 11.2. The van der Waals surface area contributed by atoms with E-state index in [9.17, 15) is 4.79 Å². The zero-order valence-corrected chi connectivity index (χ0v) is 10.9. The zero-order chi connectivity index (χ0) is 12.9. The molecule has 3 heteroatoms. The Kier molecular flexibility index (Phi) is 4.85. The molecule has 0 atom stereocenters. The maximum Gasteiger partial charge on any atom is 0.191 e. The Labute approximate surface area is 103 Å². The molecule has 0 saturated carbocycles. The van der Waals surface area contributed by atoms with Crippen LogP contribution in [-0.2, 0) is 15.3 Å². The molecule has 0 saturated heterocycles. The van der Waals surface area contributed by atoms with Gasteiger partial charge >= 0.3 is 0 Å². The van der Waals surface area contributed by atoms with E-state index in [0.717, 1.165) is 5.56 Å². The average molecular weight is 236 g/mol. The van der Waals surface area contributed by atoms with Gasteiger partial charge in [-0.3, -0.25) is 4.79 Å². The van der Waals surface area contributed by atoms with Crippen molar-refractivity contribution < 1.29 is 14.3 Å². The minimum atomic E-state index is -0.737. The number of Topliss-reactive ketones (excluding diaryl/α,β-unsaturated/α-hetero) is 1. The predicted octanol–water partition coefficient (Wildman–Crippen LogP) is 3.13. The minimum absolute atomic E-state index is 0.0612. The topological polar surface area (TPSA) is 35.5 Å². The molecule has 0 aliphatic rings. The van der Waals surface area contributed by atoms with Crippen molar-refractivity contribution in [3.05, 3.63) is 35.4 Å². The summed E-state index contributed by atoms with van der Waals surface area (Å²) in [5, 5.41) is 0. The Morgan fingerprint density at radius 1 is 1.12 bits per heavy atom. The quantitative estimate of drug-likeness (QED) is 0.562. The molecule has 0 aliphatic carbocycles. The van der Waals surface area contributed by atoms with E-state index < -0.39 is 5.79 Å². The van der Waals surface area contributed by atoms with Crippen molar-refractivity contribution in [1.29, 1.82) is 0 Å². The Bertz CT molecular complexity index is 362. The van der Waals surface area contributed by atoms with E-state index in [4.69, 9.17) is 9.47 Å². The molecule has 0 N–H and O–H groups in total. The van der Waals surface area contributed by atoms with Crippen molar-refractivity contribution in [3.8, 4) is 0 Å². The Hall–Kier alpha value is -1.19. The van der Waals surface area contributed by atoms with Crippen LogP contribution in [0, 0.1) is 0 Å². The largest absolute Gasteiger partial charge is 0.346 e. The van der Waals surface area contributed by atoms with Crippen LogP contribution in [0.15, 0.2) is 24.3 Å². The summed E-state index contributed by atoms with van der Waals surface area (Å²) >= 11 is 0. The molecule has 0 spiro atoms. The molecule has 1 aromatic rings. The summed E-state index contributed by atoms with van der Waals surface area (Å²) in [6.45, 7) is 8.46. The summed E-state index contributed by atoms with van der Waals surface area (Å²) < 4.78 is 11.3. The number of hydrogen-bond donors (Lipinski definition) is 0. The smallest absolute Gasteiger partial charge is 0.191 e. The van der Waals surface area contributed by atoms with Gasteiger partial charge in [-0.05, 0) is 27.7 Å². The lowest BCUT2D eigenvalue weighted by Crippen LogP contribution is -2.29. The normalized spacial score (nSPS) is 11.5. The fourth-order valence-electron chi connectivity index (χ4n) is 1.77. The third-order valence-electron chi connectivity index (χ3n) is 2.66. The summed E-state index contributed by atoms with van der Waals surface area (Å²) in [7, 11) is 0. The first-order valence-corrected chi connectivity index (χ1v) is 5.93. The van der Waals surface area contributed by atoms with Crippen molar-refractivity contribution >= 4 is 5.78 Å². The van der Waals surface area contributed by atoms with E-state index in [1.807, 2.05) is 32.9 Å². The van der Waals surface area contributed by atoms with E-state index in [1.165, 1.54) is 0 Å². The predicted molar refractivity (Wildman–Crippen MR) is 67.1 cm³/mol. The van der Waals surface area contributed by atoms with E-state index in [0.29, 0.717) is 18.8 Å². The van der Waals surface area contributed by atoms with Crippen LogP contribution in [0.4, 0.5) is 0 Å². The lowest BCUT2D eigenvalue weighted by atomic mass is 10.0. The Morgan fingerprint density at radius 3 is 1.94 bits per heavy atom. The van der Waals surface area contributed by atoms with E-state index in [1.54, 1.807) is 19.1 Å². The van der Waals surface area contributed by atoms with E-state index >= 15 is 0 Å². The van der Waals surface area contributed by atoms with Crippen molar-refractivity contribution in [2.45, 2.75) is 33.5 Å². The first-order chi connectivity index (χ1) is 8.03. The van der Waals surface area contributed by atoms with Crippen LogP contribution in [0.25, 0.3) is 0 Å². The molecule has 94 valence electrons. The number of carbonyl (C=O) groups excluding carboxylic acids is 1. The number of rotatable bonds is 6. The summed E-state index contributed by atoms with van der Waals surface area (Å²) in [5.41, 5.74) is 1.62. The Balaban J connectivity index is 2.98. The molecule has 0 unspecified atom stereocenters. The lowest BCUT2D eigenvalue weighted by Gasteiger charge is -2.29. The summed E-state index contributed by atoms with van der Waals surface area (Å²) in [6.07, 6.45) is 0. The van der Waals surface area contributed by atoms with Crippen molar-refractivity contribution in [1.82, 2.24) is 0 Å². The molecule has 3 nitrogen and oxygen atoms in total. The molecule has 0 amide bonds. The third-order valence-corrected chi connectivity index (χ3v) is 2.66. The fraction of sp³-hybridized carbons (Fsp3) is 0.500. The molecule has 1 rings (SSSR count). The van der Waals surface area contributed by atoms with Crippen molar-refractivity contribution in [3.63, 3.8) is 0 Å². The van der Waals surface area contributed by atoms with Gasteiger partial charge in [-0.15, -0.1) is 0 Å². The van der Waals surface area contributed by atoms with Gasteiger partial charge < -0.3 is 9.47 Å². The molecule has 1 aromatic carbocycles. The van der Waals surface area contributed by atoms with Gasteiger partial charge in [0.25, 0.3) is 0 Å². The van der Waals surface area contributed by atoms with Crippen LogP contribution in [0.3, 0.4) is 0 Å². The minimum Gasteiger partial charge on any atom is -0.346 e. The van der Waals surface area contributed by atoms with Crippen molar-refractivity contribution in [2.75, 3.05) is 13.2 Å². The molecular weight excluding hydrogens is 216 g/mol. The first-order valence-electron chi connectivity index (χ1n) is 5.93. The van der Waals surface area contributed by atoms with E-state index in [2.05, 4.69) is 0 Å². The molecule has 0 fully saturated rings. The number of benzene rings is 1. The van der Waals surface area contributed by atoms with Crippen LogP contribution in [0.2, 0.25) is 0 Å². The third kappa shape index (κ3) is 3.38. The monoisotopic (exact) mass is 236 g/mol. The van der Waals surface area contributed by atoms with Gasteiger partial charge in [0, 0.05) is 24.3 Å². The second kappa shape index (κ2) is 5.94. The van der Waals surface area contributed by atoms with Crippen LogP contribution in [0.5, 0.6) is 0 Å². The van der Waals surface area contributed by atoms with Gasteiger partial charge in [0.2, 0.25) is 0 Å². The molecule has 0 aromatic heterocycles. The lowest BCUT2D eigenvalue weighted by molar-refractivity contribution is -0.229. The Morgan fingerprint density at radius 2 is 1.59 bits per heavy atom. The molecule has 17 heavy (non-hydrogen) atoms. The van der Waals surface area contributed by atoms with Gasteiger partial charge in [-0.2, -0.15) is 0 Å². The summed E-state index contributed by atoms with van der Waals surface area (Å²) in [4.78, 5) is 11.2. The highest BCUT2D eigenvalue weighted by atomic mass is 16.7. The van der Waals surface area contributed by atoms with Gasteiger partial charge in [0.15, 0.2) is 11.6 Å². The van der Waals surface area contributed by atoms with Gasteiger partial charge in [-0.1, -0.05) is 24.3 Å². The number of ether oxygens (including phenoxy) is 2. The fourth-order valence-corrected chi connectivity index (χ4v) is 1.77. The van der Waals surface area contributed by atoms with Crippen LogP contribution >= 0.6 is 0 Å². The zero-order valence-electron chi connectivity index (χ0n) is 10.9. The van der Waals surface area contributed by atoms with Crippen LogP contribution in [0.1, 0.15) is 43.6 Å². The highest BCUT2D eigenvalue weighted by molar-refractivity contribution is 5.94. The number of ketones is 1. The van der Waals surface area contributed by atoms with Crippen LogP contribution < -0.4 is 0 Å². The highest BCUT2D eigenvalue weighted by Crippen LogP contribution is 2.27. The van der Waals surface area contributed by atoms with Crippen molar-refractivity contribution in [2.24, 2.45) is 0 Å². The van der Waals surface area contributed by atoms with Crippen LogP contribution in [-0.4, -0.2) is 19.0 Å². The molecular formula is C14H20O3. The van der Waals surface area contributed by atoms with Gasteiger partial charge in [0.1, 0.15) is 0 Å². The van der Waals surface area contributed by atoms with Gasteiger partial charge in [0.05, 0.1) is 0 Å². The molecule has 0 bridgehead atoms. The highest BCUT2D eigenvalue weighted by Gasteiger charge is 2.27. The summed E-state index contributed by atoms with van der Waals surface area (Å²) in [5.74, 6) is -0.676.